The summed E-state index contributed by atoms with van der Waals surface area (Å²) in [6, 6.07) is 12.0. The Balaban J connectivity index is 1.75. The number of amides is 1. The first-order valence-corrected chi connectivity index (χ1v) is 12.6. The van der Waals surface area contributed by atoms with Gasteiger partial charge in [0.25, 0.3) is 5.91 Å². The molecule has 0 atom stereocenters. The predicted molar refractivity (Wildman–Crippen MR) is 159 cm³/mol. The number of anilines is 4. The molecule has 0 aliphatic rings. The number of carbonyl (C=O) groups excluding carboxylic acids is 1. The van der Waals surface area contributed by atoms with Gasteiger partial charge in [0.1, 0.15) is 5.75 Å². The average molecular weight is 526 g/mol. The van der Waals surface area contributed by atoms with Crippen molar-refractivity contribution in [1.82, 2.24) is 19.4 Å². The lowest BCUT2D eigenvalue weighted by molar-refractivity contribution is -0.111. The van der Waals surface area contributed by atoms with Crippen LogP contribution in [0.25, 0.3) is 22.2 Å². The first-order chi connectivity index (χ1) is 18.7. The number of carbonyl (C=O) groups is 1. The Labute approximate surface area is 229 Å². The first kappa shape index (κ1) is 27.4. The summed E-state index contributed by atoms with van der Waals surface area (Å²) in [6.07, 6.45) is 5.16. The molecule has 202 valence electrons. The van der Waals surface area contributed by atoms with Gasteiger partial charge < -0.3 is 29.7 Å². The Bertz CT molecular complexity index is 1550. The van der Waals surface area contributed by atoms with Crippen molar-refractivity contribution >= 4 is 39.8 Å². The van der Waals surface area contributed by atoms with Crippen LogP contribution in [0.3, 0.4) is 0 Å². The molecule has 9 nitrogen and oxygen atoms in total. The Hall–Kier alpha value is -4.59. The number of nitrogens with one attached hydrogen (secondary N) is 2. The molecule has 0 radical (unpaired) electrons. The first-order valence-electron chi connectivity index (χ1n) is 12.6. The predicted octanol–water partition coefficient (Wildman–Crippen LogP) is 4.97. The van der Waals surface area contributed by atoms with Gasteiger partial charge in [-0.15, -0.1) is 5.73 Å². The zero-order chi connectivity index (χ0) is 28.1. The molecule has 0 fully saturated rings. The maximum Gasteiger partial charge on any atom is 0.256 e. The monoisotopic (exact) mass is 525 g/mol. The third kappa shape index (κ3) is 6.12. The molecule has 0 unspecified atom stereocenters. The number of fused-ring (bicyclic) bond motifs is 1. The van der Waals surface area contributed by atoms with Crippen molar-refractivity contribution in [3.8, 4) is 17.0 Å². The van der Waals surface area contributed by atoms with Crippen LogP contribution in [0.1, 0.15) is 5.56 Å². The van der Waals surface area contributed by atoms with Gasteiger partial charge in [-0.25, -0.2) is 9.97 Å². The molecule has 0 spiro atoms. The van der Waals surface area contributed by atoms with Gasteiger partial charge in [-0.3, -0.25) is 4.79 Å². The van der Waals surface area contributed by atoms with Gasteiger partial charge in [-0.1, -0.05) is 24.8 Å². The molecule has 4 rings (SSSR count). The number of hydrogen-bond donors (Lipinski definition) is 2. The Morgan fingerprint density at radius 2 is 1.95 bits per heavy atom. The van der Waals surface area contributed by atoms with E-state index in [1.54, 1.807) is 13.3 Å². The van der Waals surface area contributed by atoms with E-state index in [2.05, 4.69) is 60.6 Å². The summed E-state index contributed by atoms with van der Waals surface area (Å²) < 4.78 is 7.84. The lowest BCUT2D eigenvalue weighted by Crippen LogP contribution is -2.29. The summed E-state index contributed by atoms with van der Waals surface area (Å²) >= 11 is 0. The van der Waals surface area contributed by atoms with E-state index in [1.165, 1.54) is 6.08 Å². The minimum absolute atomic E-state index is 0.326. The number of benzene rings is 2. The molecule has 0 aliphatic heterocycles. The quantitative estimate of drug-likeness (QED) is 0.223. The maximum absolute atomic E-state index is 12.5. The maximum atomic E-state index is 12.5. The van der Waals surface area contributed by atoms with Gasteiger partial charge >= 0.3 is 0 Å². The molecule has 0 saturated carbocycles. The van der Waals surface area contributed by atoms with Crippen molar-refractivity contribution in [2.24, 2.45) is 7.05 Å². The molecular formula is C30H35N7O2. The number of aryl methyl sites for hydroxylation is 2. The highest BCUT2D eigenvalue weighted by molar-refractivity contribution is 6.02. The number of para-hydroxylation sites is 1. The number of hydrogen-bond acceptors (Lipinski definition) is 7. The molecule has 39 heavy (non-hydrogen) atoms. The minimum atomic E-state index is -0.326. The van der Waals surface area contributed by atoms with Gasteiger partial charge in [0.2, 0.25) is 5.95 Å². The van der Waals surface area contributed by atoms with Gasteiger partial charge in [-0.2, -0.15) is 0 Å². The number of likely N-dealkylation sites (N-methyl/N-ethyl adjacent to an activating group) is 2. The zero-order valence-electron chi connectivity index (χ0n) is 23.4. The fraction of sp³-hybridized carbons (Fsp3) is 0.267. The zero-order valence-corrected chi connectivity index (χ0v) is 23.4. The summed E-state index contributed by atoms with van der Waals surface area (Å²) in [5.41, 5.74) is 8.53. The van der Waals surface area contributed by atoms with Crippen LogP contribution < -0.4 is 20.3 Å². The summed E-state index contributed by atoms with van der Waals surface area (Å²) in [6.45, 7) is 7.09. The van der Waals surface area contributed by atoms with E-state index >= 15 is 0 Å². The number of nitrogens with zero attached hydrogens (tertiary/aromatic N) is 5. The van der Waals surface area contributed by atoms with E-state index in [0.717, 1.165) is 46.5 Å². The molecule has 9 heteroatoms. The van der Waals surface area contributed by atoms with Crippen molar-refractivity contribution in [2.75, 3.05) is 56.9 Å². The molecule has 1 amide bonds. The van der Waals surface area contributed by atoms with Crippen molar-refractivity contribution in [3.05, 3.63) is 72.7 Å². The molecule has 2 N–H and O–H groups in total. The second-order valence-electron chi connectivity index (χ2n) is 9.65. The van der Waals surface area contributed by atoms with Crippen LogP contribution in [0.15, 0.2) is 67.2 Å². The molecular weight excluding hydrogens is 490 g/mol. The van der Waals surface area contributed by atoms with Crippen LogP contribution >= 0.6 is 0 Å². The van der Waals surface area contributed by atoms with Crippen LogP contribution in [-0.2, 0) is 11.8 Å². The van der Waals surface area contributed by atoms with Gasteiger partial charge in [-0.05, 0) is 38.7 Å². The van der Waals surface area contributed by atoms with Gasteiger partial charge in [0, 0.05) is 68.2 Å². The highest BCUT2D eigenvalue weighted by Crippen LogP contribution is 2.38. The molecule has 0 saturated heterocycles. The van der Waals surface area contributed by atoms with Crippen molar-refractivity contribution in [2.45, 2.75) is 6.92 Å². The van der Waals surface area contributed by atoms with E-state index in [0.29, 0.717) is 23.1 Å². The van der Waals surface area contributed by atoms with Crippen LogP contribution in [0.5, 0.6) is 5.75 Å². The smallest absolute Gasteiger partial charge is 0.256 e. The minimum Gasteiger partial charge on any atom is -0.494 e. The van der Waals surface area contributed by atoms with E-state index in [9.17, 15) is 4.79 Å². The molecule has 0 aliphatic carbocycles. The third-order valence-electron chi connectivity index (χ3n) is 6.47. The molecule has 2 aromatic carbocycles. The normalized spacial score (nSPS) is 10.8. The topological polar surface area (TPSA) is 87.5 Å². The van der Waals surface area contributed by atoms with Crippen LogP contribution in [0.2, 0.25) is 0 Å². The fourth-order valence-corrected chi connectivity index (χ4v) is 4.41. The molecule has 2 aromatic heterocycles. The Morgan fingerprint density at radius 3 is 2.67 bits per heavy atom. The molecule has 2 heterocycles. The third-order valence-corrected chi connectivity index (χ3v) is 6.47. The standard InChI is InChI=1S/C30H35N7O2/c1-8-11-28(38)32-23-16-24(27(39-7)17-26(23)36(5)15-14-35(3)4)33-30-31-18-20(2)29(34-30)22-19-37(6)25-13-10-9-12-21(22)25/h9-13,16-19H,1,14-15H2,2-7H3,(H,32,38)(H,31,33,34). The summed E-state index contributed by atoms with van der Waals surface area (Å²) in [5, 5.41) is 7.36. The van der Waals surface area contributed by atoms with E-state index in [4.69, 9.17) is 9.72 Å². The van der Waals surface area contributed by atoms with E-state index in [-0.39, 0.29) is 5.91 Å². The Kier molecular flexibility index (Phi) is 8.34. The van der Waals surface area contributed by atoms with Crippen LogP contribution in [0, 0.1) is 6.92 Å². The van der Waals surface area contributed by atoms with Gasteiger partial charge in [0.05, 0.1) is 29.9 Å². The number of aromatic nitrogens is 3. The largest absolute Gasteiger partial charge is 0.494 e. The average Bonchev–Trinajstić information content (AvgIpc) is 3.25. The van der Waals surface area contributed by atoms with Crippen LogP contribution in [-0.4, -0.2) is 66.7 Å². The van der Waals surface area contributed by atoms with Crippen LogP contribution in [0.4, 0.5) is 23.0 Å². The SMILES string of the molecule is C=C=CC(=O)Nc1cc(Nc2ncc(C)c(-c3cn(C)c4ccccc34)n2)c(OC)cc1N(C)CCN(C)C. The summed E-state index contributed by atoms with van der Waals surface area (Å²) in [4.78, 5) is 26.0. The lowest BCUT2D eigenvalue weighted by Gasteiger charge is -2.26. The Morgan fingerprint density at radius 1 is 1.18 bits per heavy atom. The van der Waals surface area contributed by atoms with E-state index < -0.39 is 0 Å². The van der Waals surface area contributed by atoms with Crippen molar-refractivity contribution < 1.29 is 9.53 Å². The fourth-order valence-electron chi connectivity index (χ4n) is 4.41. The second-order valence-corrected chi connectivity index (χ2v) is 9.65. The summed E-state index contributed by atoms with van der Waals surface area (Å²) in [7, 11) is 9.66. The molecule has 4 aromatic rings. The molecule has 0 bridgehead atoms. The number of rotatable bonds is 10. The second kappa shape index (κ2) is 11.9. The number of methoxy groups -OCH3 is 1. The lowest BCUT2D eigenvalue weighted by atomic mass is 10.1. The number of ether oxygens (including phenoxy) is 1. The summed E-state index contributed by atoms with van der Waals surface area (Å²) in [5.74, 6) is 0.682. The van der Waals surface area contributed by atoms with Gasteiger partial charge in [0.15, 0.2) is 0 Å². The highest BCUT2D eigenvalue weighted by Gasteiger charge is 2.18. The highest BCUT2D eigenvalue weighted by atomic mass is 16.5. The van der Waals surface area contributed by atoms with E-state index in [1.807, 2.05) is 59.4 Å². The van der Waals surface area contributed by atoms with Crippen molar-refractivity contribution in [3.63, 3.8) is 0 Å². The van der Waals surface area contributed by atoms with Crippen molar-refractivity contribution in [1.29, 1.82) is 0 Å².